The van der Waals surface area contributed by atoms with Crippen molar-refractivity contribution in [1.82, 2.24) is 14.7 Å². The summed E-state index contributed by atoms with van der Waals surface area (Å²) in [6.07, 6.45) is 0.119. The van der Waals surface area contributed by atoms with Crippen LogP contribution in [0.25, 0.3) is 0 Å². The van der Waals surface area contributed by atoms with E-state index in [1.807, 2.05) is 0 Å². The van der Waals surface area contributed by atoms with Gasteiger partial charge >= 0.3 is 6.03 Å². The number of aliphatic hydroxyl groups is 1. The van der Waals surface area contributed by atoms with E-state index in [2.05, 4.69) is 10.4 Å². The van der Waals surface area contributed by atoms with Crippen LogP contribution < -0.4 is 5.32 Å². The third-order valence-corrected chi connectivity index (χ3v) is 5.98. The first-order chi connectivity index (χ1) is 14.7. The highest BCUT2D eigenvalue weighted by Gasteiger charge is 2.44. The summed E-state index contributed by atoms with van der Waals surface area (Å²) in [4.78, 5) is 14.3. The second kappa shape index (κ2) is 7.89. The van der Waals surface area contributed by atoms with Gasteiger partial charge in [0.25, 0.3) is 5.92 Å². The van der Waals surface area contributed by atoms with Gasteiger partial charge in [-0.05, 0) is 31.5 Å². The number of rotatable bonds is 2. The average Bonchev–Trinajstić information content (AvgIpc) is 3.02. The van der Waals surface area contributed by atoms with Crippen molar-refractivity contribution in [2.75, 3.05) is 11.9 Å². The van der Waals surface area contributed by atoms with Crippen LogP contribution in [0, 0.1) is 23.1 Å². The van der Waals surface area contributed by atoms with E-state index in [0.717, 1.165) is 6.07 Å². The molecule has 31 heavy (non-hydrogen) atoms. The quantitative estimate of drug-likeness (QED) is 0.759. The van der Waals surface area contributed by atoms with E-state index in [1.54, 1.807) is 13.0 Å². The van der Waals surface area contributed by atoms with Crippen LogP contribution in [0.15, 0.2) is 18.2 Å². The predicted molar refractivity (Wildman–Crippen MR) is 105 cm³/mol. The van der Waals surface area contributed by atoms with Crippen molar-refractivity contribution in [3.63, 3.8) is 0 Å². The van der Waals surface area contributed by atoms with Crippen molar-refractivity contribution >= 4 is 11.7 Å². The van der Waals surface area contributed by atoms with E-state index < -0.39 is 17.8 Å². The first kappa shape index (κ1) is 21.2. The van der Waals surface area contributed by atoms with Gasteiger partial charge in [-0.2, -0.15) is 19.1 Å². The largest absolute Gasteiger partial charge is 0.396 e. The van der Waals surface area contributed by atoms with E-state index in [4.69, 9.17) is 5.26 Å². The van der Waals surface area contributed by atoms with Gasteiger partial charge in [0.1, 0.15) is 17.6 Å². The van der Waals surface area contributed by atoms with Crippen LogP contribution in [-0.4, -0.2) is 38.5 Å². The molecule has 1 aromatic heterocycles. The summed E-state index contributed by atoms with van der Waals surface area (Å²) >= 11 is 0. The molecule has 2 amide bonds. The number of carbonyl (C=O) groups is 1. The number of nitrogens with one attached hydrogen (secondary N) is 1. The molecule has 164 valence electrons. The van der Waals surface area contributed by atoms with Crippen molar-refractivity contribution in [2.24, 2.45) is 5.92 Å². The maximum atomic E-state index is 15.0. The number of halogens is 3. The van der Waals surface area contributed by atoms with Gasteiger partial charge in [-0.3, -0.25) is 4.68 Å². The summed E-state index contributed by atoms with van der Waals surface area (Å²) in [5.74, 6) is -4.09. The Balaban J connectivity index is 1.62. The molecule has 3 heterocycles. The number of carbonyl (C=O) groups excluding carboxylic acids is 1. The molecule has 2 unspecified atom stereocenters. The third-order valence-electron chi connectivity index (χ3n) is 5.98. The number of aromatic nitrogens is 2. The highest BCUT2D eigenvalue weighted by molar-refractivity contribution is 5.90. The Morgan fingerprint density at radius 1 is 1.45 bits per heavy atom. The van der Waals surface area contributed by atoms with Crippen molar-refractivity contribution < 1.29 is 23.1 Å². The molecule has 0 spiro atoms. The van der Waals surface area contributed by atoms with Crippen LogP contribution in [0.2, 0.25) is 0 Å². The SMILES string of the molecule is CC1Cc2nn3c(c2CN1C(=O)Nc1ccc(F)c(C#N)c1)C(F)(F)CCC(CO)C3. The molecule has 2 aliphatic heterocycles. The fourth-order valence-corrected chi connectivity index (χ4v) is 4.28. The first-order valence-electron chi connectivity index (χ1n) is 10.1. The summed E-state index contributed by atoms with van der Waals surface area (Å²) in [7, 11) is 0. The molecule has 0 bridgehead atoms. The number of aliphatic hydroxyl groups excluding tert-OH is 1. The van der Waals surface area contributed by atoms with E-state index in [-0.39, 0.29) is 61.4 Å². The lowest BCUT2D eigenvalue weighted by molar-refractivity contribution is -0.0227. The van der Waals surface area contributed by atoms with Crippen molar-refractivity contribution in [3.8, 4) is 6.07 Å². The molecular formula is C21H22F3N5O2. The fourth-order valence-electron chi connectivity index (χ4n) is 4.28. The maximum Gasteiger partial charge on any atom is 0.322 e. The number of urea groups is 1. The zero-order valence-electron chi connectivity index (χ0n) is 16.9. The monoisotopic (exact) mass is 433 g/mol. The lowest BCUT2D eigenvalue weighted by Crippen LogP contribution is -2.45. The van der Waals surface area contributed by atoms with E-state index in [0.29, 0.717) is 17.7 Å². The van der Waals surface area contributed by atoms with Crippen molar-refractivity contribution in [1.29, 1.82) is 5.26 Å². The smallest absolute Gasteiger partial charge is 0.322 e. The third kappa shape index (κ3) is 3.85. The van der Waals surface area contributed by atoms with Gasteiger partial charge in [0.15, 0.2) is 0 Å². The number of hydrogen-bond donors (Lipinski definition) is 2. The zero-order valence-corrected chi connectivity index (χ0v) is 16.9. The Hall–Kier alpha value is -3.06. The minimum Gasteiger partial charge on any atom is -0.396 e. The number of anilines is 1. The molecule has 0 radical (unpaired) electrons. The first-order valence-corrected chi connectivity index (χ1v) is 10.1. The molecule has 0 aliphatic carbocycles. The molecule has 1 aromatic carbocycles. The number of fused-ring (bicyclic) bond motifs is 3. The number of benzene rings is 1. The Labute approximate surface area is 177 Å². The van der Waals surface area contributed by atoms with Gasteiger partial charge in [-0.15, -0.1) is 0 Å². The minimum absolute atomic E-state index is 0.0383. The Morgan fingerprint density at radius 3 is 2.94 bits per heavy atom. The minimum atomic E-state index is -3.11. The highest BCUT2D eigenvalue weighted by Crippen LogP contribution is 2.42. The summed E-state index contributed by atoms with van der Waals surface area (Å²) in [6.45, 7) is 1.78. The zero-order chi connectivity index (χ0) is 22.3. The molecule has 2 N–H and O–H groups in total. The summed E-state index contributed by atoms with van der Waals surface area (Å²) in [5, 5.41) is 25.5. The molecule has 10 heteroatoms. The number of alkyl halides is 2. The lowest BCUT2D eigenvalue weighted by Gasteiger charge is -2.33. The molecule has 0 saturated carbocycles. The second-order valence-corrected chi connectivity index (χ2v) is 8.17. The van der Waals surface area contributed by atoms with Gasteiger partial charge in [-0.25, -0.2) is 9.18 Å². The topological polar surface area (TPSA) is 94.2 Å². The fraction of sp³-hybridized carbons (Fsp3) is 0.476. The standard InChI is InChI=1S/C21H22F3N5O2/c1-12-6-18-16(19-21(23,24)5-4-13(11-30)9-29(19)27-18)10-28(12)20(31)26-15-2-3-17(22)14(7-15)8-25/h2-3,7,12-13,30H,4-6,9-11H2,1H3,(H,26,31). The lowest BCUT2D eigenvalue weighted by atomic mass is 9.96. The second-order valence-electron chi connectivity index (χ2n) is 8.17. The number of hydrogen-bond acceptors (Lipinski definition) is 4. The Bertz CT molecular complexity index is 1060. The van der Waals surface area contributed by atoms with Gasteiger partial charge in [-0.1, -0.05) is 0 Å². The van der Waals surface area contributed by atoms with Gasteiger partial charge in [0, 0.05) is 49.2 Å². The Kier molecular flexibility index (Phi) is 5.39. The van der Waals surface area contributed by atoms with Crippen molar-refractivity contribution in [2.45, 2.75) is 51.2 Å². The molecule has 0 saturated heterocycles. The van der Waals surface area contributed by atoms with Crippen LogP contribution in [0.4, 0.5) is 23.7 Å². The Morgan fingerprint density at radius 2 is 2.23 bits per heavy atom. The average molecular weight is 433 g/mol. The van der Waals surface area contributed by atoms with Gasteiger partial charge < -0.3 is 15.3 Å². The molecule has 4 rings (SSSR count). The van der Waals surface area contributed by atoms with Crippen LogP contribution >= 0.6 is 0 Å². The van der Waals surface area contributed by atoms with Gasteiger partial charge in [0.05, 0.1) is 17.8 Å². The van der Waals surface area contributed by atoms with E-state index in [9.17, 15) is 23.1 Å². The maximum absolute atomic E-state index is 15.0. The van der Waals surface area contributed by atoms with Crippen LogP contribution in [0.1, 0.15) is 42.3 Å². The van der Waals surface area contributed by atoms with E-state index in [1.165, 1.54) is 21.7 Å². The van der Waals surface area contributed by atoms with Crippen LogP contribution in [0.3, 0.4) is 0 Å². The van der Waals surface area contributed by atoms with Crippen LogP contribution in [-0.2, 0) is 25.4 Å². The summed E-state index contributed by atoms with van der Waals surface area (Å²) in [5.41, 5.74) is 0.737. The summed E-state index contributed by atoms with van der Waals surface area (Å²) in [6, 6.07) is 4.53. The highest BCUT2D eigenvalue weighted by atomic mass is 19.3. The molecular weight excluding hydrogens is 411 g/mol. The molecule has 0 fully saturated rings. The molecule has 7 nitrogen and oxygen atoms in total. The van der Waals surface area contributed by atoms with E-state index >= 15 is 0 Å². The van der Waals surface area contributed by atoms with Crippen LogP contribution in [0.5, 0.6) is 0 Å². The normalized spacial score (nSPS) is 22.1. The summed E-state index contributed by atoms with van der Waals surface area (Å²) < 4.78 is 44.7. The van der Waals surface area contributed by atoms with Gasteiger partial charge in [0.2, 0.25) is 0 Å². The predicted octanol–water partition coefficient (Wildman–Crippen LogP) is 3.37. The number of amides is 2. The number of nitriles is 1. The molecule has 2 aliphatic rings. The molecule has 2 aromatic rings. The molecule has 2 atom stereocenters. The number of nitrogens with zero attached hydrogens (tertiary/aromatic N) is 4. The van der Waals surface area contributed by atoms with Crippen molar-refractivity contribution in [3.05, 3.63) is 46.5 Å².